The molecule has 0 saturated heterocycles. The van der Waals surface area contributed by atoms with E-state index in [0.29, 0.717) is 5.71 Å². The minimum atomic E-state index is -0.576. The van der Waals surface area contributed by atoms with Crippen molar-refractivity contribution in [1.29, 1.82) is 0 Å². The Balaban J connectivity index is 2.73. The van der Waals surface area contributed by atoms with Crippen molar-refractivity contribution in [3.8, 4) is 0 Å². The Morgan fingerprint density at radius 2 is 1.95 bits per heavy atom. The van der Waals surface area contributed by atoms with Gasteiger partial charge < -0.3 is 0 Å². The third-order valence-electron chi connectivity index (χ3n) is 2.92. The number of nitro groups is 1. The summed E-state index contributed by atoms with van der Waals surface area (Å²) in [6, 6.07) is 5.34. The van der Waals surface area contributed by atoms with Crippen molar-refractivity contribution in [3.63, 3.8) is 0 Å². The Labute approximate surface area is 128 Å². The van der Waals surface area contributed by atoms with Crippen LogP contribution in [0.2, 0.25) is 0 Å². The highest BCUT2D eigenvalue weighted by molar-refractivity contribution is 6.03. The predicted octanol–water partition coefficient (Wildman–Crippen LogP) is 2.71. The molecule has 0 unspecified atom stereocenters. The average Bonchev–Trinajstić information content (AvgIpc) is 2.43. The lowest BCUT2D eigenvalue weighted by Crippen LogP contribution is -2.24. The SMILES string of the molecule is C/C(CC(=O)C(C)(C)C)=N/NC(=O)c1cccc([N+](=O)[O-])c1. The fourth-order valence-electron chi connectivity index (χ4n) is 1.51. The number of Topliss-reactive ketones (excluding diaryl/α,β-unsaturated/α-hetero) is 1. The normalized spacial score (nSPS) is 11.9. The highest BCUT2D eigenvalue weighted by atomic mass is 16.6. The zero-order chi connectivity index (χ0) is 16.9. The van der Waals surface area contributed by atoms with Crippen LogP contribution < -0.4 is 5.43 Å². The van der Waals surface area contributed by atoms with Crippen molar-refractivity contribution >= 4 is 23.1 Å². The number of carbonyl (C=O) groups is 2. The molecule has 0 fully saturated rings. The van der Waals surface area contributed by atoms with Crippen LogP contribution in [0.25, 0.3) is 0 Å². The second-order valence-electron chi connectivity index (χ2n) is 5.95. The maximum Gasteiger partial charge on any atom is 0.271 e. The summed E-state index contributed by atoms with van der Waals surface area (Å²) >= 11 is 0. The Morgan fingerprint density at radius 3 is 2.50 bits per heavy atom. The molecule has 1 amide bonds. The van der Waals surface area contributed by atoms with E-state index >= 15 is 0 Å². The topological polar surface area (TPSA) is 102 Å². The van der Waals surface area contributed by atoms with E-state index in [0.717, 1.165) is 0 Å². The number of benzene rings is 1. The molecule has 1 aromatic carbocycles. The number of ketones is 1. The number of carbonyl (C=O) groups excluding carboxylic acids is 2. The summed E-state index contributed by atoms with van der Waals surface area (Å²) in [5.74, 6) is -0.551. The molecule has 0 aliphatic rings. The van der Waals surface area contributed by atoms with Gasteiger partial charge >= 0.3 is 0 Å². The maximum atomic E-state index is 11.9. The van der Waals surface area contributed by atoms with Crippen LogP contribution in [0, 0.1) is 15.5 Å². The number of nitrogens with zero attached hydrogens (tertiary/aromatic N) is 2. The van der Waals surface area contributed by atoms with E-state index < -0.39 is 16.2 Å². The summed E-state index contributed by atoms with van der Waals surface area (Å²) in [6.45, 7) is 7.07. The number of amides is 1. The summed E-state index contributed by atoms with van der Waals surface area (Å²) in [4.78, 5) is 33.8. The van der Waals surface area contributed by atoms with Gasteiger partial charge in [-0.15, -0.1) is 0 Å². The summed E-state index contributed by atoms with van der Waals surface area (Å²) in [5.41, 5.74) is 2.26. The summed E-state index contributed by atoms with van der Waals surface area (Å²) in [6.07, 6.45) is 0.138. The van der Waals surface area contributed by atoms with Crippen LogP contribution in [0.15, 0.2) is 29.4 Å². The van der Waals surface area contributed by atoms with Gasteiger partial charge in [0.1, 0.15) is 5.78 Å². The van der Waals surface area contributed by atoms with Crippen LogP contribution in [0.4, 0.5) is 5.69 Å². The number of hydrogen-bond acceptors (Lipinski definition) is 5. The molecule has 7 nitrogen and oxygen atoms in total. The Bertz CT molecular complexity index is 630. The number of hydrazone groups is 1. The lowest BCUT2D eigenvalue weighted by molar-refractivity contribution is -0.384. The smallest absolute Gasteiger partial charge is 0.271 e. The second-order valence-corrected chi connectivity index (χ2v) is 5.95. The summed E-state index contributed by atoms with van der Waals surface area (Å²) < 4.78 is 0. The fourth-order valence-corrected chi connectivity index (χ4v) is 1.51. The molecule has 118 valence electrons. The first kappa shape index (κ1) is 17.5. The number of non-ortho nitro benzene ring substituents is 1. The van der Waals surface area contributed by atoms with Gasteiger partial charge in [0.05, 0.1) is 4.92 Å². The Kier molecular flexibility index (Phi) is 5.50. The van der Waals surface area contributed by atoms with Crippen LogP contribution in [0.1, 0.15) is 44.5 Å². The molecule has 1 rings (SSSR count). The van der Waals surface area contributed by atoms with Crippen LogP contribution >= 0.6 is 0 Å². The fraction of sp³-hybridized carbons (Fsp3) is 0.400. The van der Waals surface area contributed by atoms with Gasteiger partial charge in [-0.05, 0) is 13.0 Å². The standard InChI is InChI=1S/C15H19N3O4/c1-10(8-13(19)15(2,3)4)16-17-14(20)11-6-5-7-12(9-11)18(21)22/h5-7,9H,8H2,1-4H3,(H,17,20)/b16-10-. The first-order valence-electron chi connectivity index (χ1n) is 6.72. The molecule has 0 aromatic heterocycles. The molecule has 0 atom stereocenters. The molecular weight excluding hydrogens is 286 g/mol. The van der Waals surface area contributed by atoms with Crippen molar-refractivity contribution in [2.75, 3.05) is 0 Å². The minimum Gasteiger partial charge on any atom is -0.299 e. The predicted molar refractivity (Wildman–Crippen MR) is 82.8 cm³/mol. The number of nitrogens with one attached hydrogen (secondary N) is 1. The van der Waals surface area contributed by atoms with Gasteiger partial charge in [-0.3, -0.25) is 19.7 Å². The molecule has 1 aromatic rings. The number of nitro benzene ring substituents is 1. The van der Waals surface area contributed by atoms with E-state index in [2.05, 4.69) is 10.5 Å². The molecule has 0 bridgehead atoms. The van der Waals surface area contributed by atoms with Gasteiger partial charge in [-0.25, -0.2) is 5.43 Å². The van der Waals surface area contributed by atoms with Gasteiger partial charge in [-0.1, -0.05) is 26.8 Å². The molecule has 0 spiro atoms. The second kappa shape index (κ2) is 6.93. The Hall–Kier alpha value is -2.57. The number of hydrogen-bond donors (Lipinski definition) is 1. The average molecular weight is 305 g/mol. The lowest BCUT2D eigenvalue weighted by Gasteiger charge is -2.15. The van der Waals surface area contributed by atoms with Crippen molar-refractivity contribution in [3.05, 3.63) is 39.9 Å². The van der Waals surface area contributed by atoms with Crippen LogP contribution in [0.5, 0.6) is 0 Å². The third kappa shape index (κ3) is 5.08. The van der Waals surface area contributed by atoms with Gasteiger partial charge in [0.15, 0.2) is 0 Å². The summed E-state index contributed by atoms with van der Waals surface area (Å²) in [5, 5.41) is 14.5. The monoisotopic (exact) mass is 305 g/mol. The van der Waals surface area contributed by atoms with Crippen molar-refractivity contribution in [2.45, 2.75) is 34.1 Å². The molecule has 0 heterocycles. The highest BCUT2D eigenvalue weighted by Gasteiger charge is 2.21. The first-order chi connectivity index (χ1) is 10.1. The maximum absolute atomic E-state index is 11.9. The molecular formula is C15H19N3O4. The first-order valence-corrected chi connectivity index (χ1v) is 6.72. The zero-order valence-electron chi connectivity index (χ0n) is 13.0. The van der Waals surface area contributed by atoms with Crippen LogP contribution in [-0.4, -0.2) is 22.3 Å². The van der Waals surface area contributed by atoms with Gasteiger partial charge in [-0.2, -0.15) is 5.10 Å². The van der Waals surface area contributed by atoms with Gasteiger partial charge in [0, 0.05) is 35.2 Å². The van der Waals surface area contributed by atoms with Crippen LogP contribution in [0.3, 0.4) is 0 Å². The summed E-state index contributed by atoms with van der Waals surface area (Å²) in [7, 11) is 0. The van der Waals surface area contributed by atoms with Crippen molar-refractivity contribution < 1.29 is 14.5 Å². The molecule has 1 N–H and O–H groups in total. The molecule has 7 heteroatoms. The van der Waals surface area contributed by atoms with Gasteiger partial charge in [0.25, 0.3) is 11.6 Å². The molecule has 0 aliphatic heterocycles. The molecule has 22 heavy (non-hydrogen) atoms. The van der Waals surface area contributed by atoms with Crippen molar-refractivity contribution in [2.24, 2.45) is 10.5 Å². The van der Waals surface area contributed by atoms with E-state index in [1.165, 1.54) is 24.3 Å². The van der Waals surface area contributed by atoms with E-state index in [1.807, 2.05) is 20.8 Å². The third-order valence-corrected chi connectivity index (χ3v) is 2.92. The molecule has 0 radical (unpaired) electrons. The van der Waals surface area contributed by atoms with E-state index in [-0.39, 0.29) is 23.5 Å². The lowest BCUT2D eigenvalue weighted by atomic mass is 9.88. The van der Waals surface area contributed by atoms with Crippen molar-refractivity contribution in [1.82, 2.24) is 5.43 Å². The van der Waals surface area contributed by atoms with E-state index in [4.69, 9.17) is 0 Å². The largest absolute Gasteiger partial charge is 0.299 e. The molecule has 0 saturated carbocycles. The van der Waals surface area contributed by atoms with E-state index in [1.54, 1.807) is 6.92 Å². The molecule has 0 aliphatic carbocycles. The Morgan fingerprint density at radius 1 is 1.32 bits per heavy atom. The highest BCUT2D eigenvalue weighted by Crippen LogP contribution is 2.17. The quantitative estimate of drug-likeness (QED) is 0.513. The van der Waals surface area contributed by atoms with Crippen LogP contribution in [-0.2, 0) is 4.79 Å². The van der Waals surface area contributed by atoms with E-state index in [9.17, 15) is 19.7 Å². The van der Waals surface area contributed by atoms with Gasteiger partial charge in [0.2, 0.25) is 0 Å². The minimum absolute atomic E-state index is 0.0124. The number of rotatable bonds is 5. The zero-order valence-corrected chi connectivity index (χ0v) is 13.0.